The van der Waals surface area contributed by atoms with Crippen molar-refractivity contribution in [3.63, 3.8) is 0 Å². The highest BCUT2D eigenvalue weighted by Gasteiger charge is 2.24. The predicted octanol–water partition coefficient (Wildman–Crippen LogP) is 6.63. The van der Waals surface area contributed by atoms with Gasteiger partial charge in [0.2, 0.25) is 5.78 Å². The number of ketones is 1. The van der Waals surface area contributed by atoms with Gasteiger partial charge in [-0.05, 0) is 29.7 Å². The van der Waals surface area contributed by atoms with E-state index in [-0.39, 0.29) is 5.78 Å². The fourth-order valence-electron chi connectivity index (χ4n) is 4.33. The van der Waals surface area contributed by atoms with Crippen LogP contribution in [0.1, 0.15) is 37.2 Å². The summed E-state index contributed by atoms with van der Waals surface area (Å²) < 4.78 is 4.28. The molecule has 0 aliphatic carbocycles. The van der Waals surface area contributed by atoms with E-state index in [0.717, 1.165) is 46.6 Å². The molecule has 0 saturated heterocycles. The van der Waals surface area contributed by atoms with E-state index in [1.54, 1.807) is 0 Å². The molecular weight excluding hydrogens is 382 g/mol. The second kappa shape index (κ2) is 7.88. The van der Waals surface area contributed by atoms with Crippen molar-refractivity contribution >= 4 is 22.6 Å². The molecule has 0 N–H and O–H groups in total. The summed E-state index contributed by atoms with van der Waals surface area (Å²) in [5.74, 6) is 0.941. The van der Waals surface area contributed by atoms with E-state index in [2.05, 4.69) is 64.4 Å². The van der Waals surface area contributed by atoms with Gasteiger partial charge in [0.05, 0.1) is 11.0 Å². The van der Waals surface area contributed by atoms with Crippen LogP contribution in [0.3, 0.4) is 0 Å². The maximum absolute atomic E-state index is 13.1. The van der Waals surface area contributed by atoms with E-state index in [0.29, 0.717) is 12.1 Å². The van der Waals surface area contributed by atoms with E-state index < -0.39 is 0 Å². The molecule has 0 saturated carbocycles. The third kappa shape index (κ3) is 3.15. The quantitative estimate of drug-likeness (QED) is 0.297. The number of aromatic nitrogens is 3. The van der Waals surface area contributed by atoms with Crippen LogP contribution in [0.15, 0.2) is 78.9 Å². The van der Waals surface area contributed by atoms with E-state index in [9.17, 15) is 4.79 Å². The van der Waals surface area contributed by atoms with Crippen molar-refractivity contribution in [1.29, 1.82) is 0 Å². The summed E-state index contributed by atoms with van der Waals surface area (Å²) in [6, 6.07) is 26.9. The molecule has 4 heteroatoms. The lowest BCUT2D eigenvalue weighted by Gasteiger charge is -2.06. The number of hydrogen-bond acceptors (Lipinski definition) is 2. The van der Waals surface area contributed by atoms with Gasteiger partial charge >= 0.3 is 0 Å². The minimum absolute atomic E-state index is 0.106. The fourth-order valence-corrected chi connectivity index (χ4v) is 4.33. The molecule has 5 aromatic rings. The number of carbonyl (C=O) groups excluding carboxylic acids is 1. The zero-order chi connectivity index (χ0) is 21.4. The number of nitrogens with zero attached hydrogens (tertiary/aromatic N) is 3. The number of Topliss-reactive ketones (excluding diaryl/α,β-unsaturated/α-hetero) is 1. The molecule has 31 heavy (non-hydrogen) atoms. The van der Waals surface area contributed by atoms with Crippen molar-refractivity contribution < 1.29 is 4.79 Å². The summed E-state index contributed by atoms with van der Waals surface area (Å²) in [7, 11) is 0. The Balaban J connectivity index is 1.73. The summed E-state index contributed by atoms with van der Waals surface area (Å²) >= 11 is 0. The molecule has 0 atom stereocenters. The predicted molar refractivity (Wildman–Crippen MR) is 126 cm³/mol. The molecule has 2 aromatic heterocycles. The Morgan fingerprint density at radius 2 is 1.39 bits per heavy atom. The van der Waals surface area contributed by atoms with Gasteiger partial charge in [-0.2, -0.15) is 0 Å². The molecule has 4 nitrogen and oxygen atoms in total. The summed E-state index contributed by atoms with van der Waals surface area (Å²) in [4.78, 5) is 18.1. The average Bonchev–Trinajstić information content (AvgIpc) is 3.35. The number of hydrogen-bond donors (Lipinski definition) is 0. The Labute approximate surface area is 181 Å². The van der Waals surface area contributed by atoms with Gasteiger partial charge in [0.25, 0.3) is 0 Å². The normalized spacial score (nSPS) is 11.4. The molecule has 0 radical (unpaired) electrons. The van der Waals surface area contributed by atoms with Gasteiger partial charge < -0.3 is 4.57 Å². The van der Waals surface area contributed by atoms with Crippen LogP contribution in [0.25, 0.3) is 39.2 Å². The number of fused-ring (bicyclic) bond motifs is 3. The van der Waals surface area contributed by atoms with Gasteiger partial charge in [-0.1, -0.05) is 80.6 Å². The maximum atomic E-state index is 13.1. The zero-order valence-corrected chi connectivity index (χ0v) is 17.9. The van der Waals surface area contributed by atoms with Gasteiger partial charge in [0.1, 0.15) is 11.4 Å². The van der Waals surface area contributed by atoms with E-state index in [1.807, 2.05) is 37.3 Å². The topological polar surface area (TPSA) is 39.3 Å². The molecule has 0 aliphatic rings. The van der Waals surface area contributed by atoms with Crippen LogP contribution in [0.4, 0.5) is 0 Å². The standard InChI is InChI=1S/C27H25N3O/c1-3-18-29-22-12-8-9-13-23(22)30-26(24(31)4-2)25(28-27(29)30)21-16-14-20(15-17-21)19-10-6-5-7-11-19/h5-17H,3-4,18H2,1-2H3. The van der Waals surface area contributed by atoms with Gasteiger partial charge in [0.15, 0.2) is 5.78 Å². The highest BCUT2D eigenvalue weighted by molar-refractivity contribution is 6.03. The second-order valence-electron chi connectivity index (χ2n) is 7.80. The monoisotopic (exact) mass is 407 g/mol. The number of aryl methyl sites for hydroxylation is 1. The summed E-state index contributed by atoms with van der Waals surface area (Å²) in [5, 5.41) is 0. The molecule has 0 fully saturated rings. The van der Waals surface area contributed by atoms with Crippen molar-refractivity contribution in [2.75, 3.05) is 0 Å². The number of para-hydroxylation sites is 2. The van der Waals surface area contributed by atoms with Crippen molar-refractivity contribution in [2.45, 2.75) is 33.2 Å². The Hall–Kier alpha value is -3.66. The van der Waals surface area contributed by atoms with Crippen molar-refractivity contribution in [3.05, 3.63) is 84.6 Å². The first-order chi connectivity index (χ1) is 15.2. The third-order valence-electron chi connectivity index (χ3n) is 5.81. The second-order valence-corrected chi connectivity index (χ2v) is 7.80. The molecule has 0 bridgehead atoms. The molecule has 0 unspecified atom stereocenters. The van der Waals surface area contributed by atoms with Crippen molar-refractivity contribution in [2.24, 2.45) is 0 Å². The van der Waals surface area contributed by atoms with E-state index in [4.69, 9.17) is 4.98 Å². The van der Waals surface area contributed by atoms with Gasteiger partial charge in [-0.15, -0.1) is 0 Å². The average molecular weight is 408 g/mol. The Kier molecular flexibility index (Phi) is 4.91. The lowest BCUT2D eigenvalue weighted by atomic mass is 10.0. The molecule has 0 aliphatic heterocycles. The van der Waals surface area contributed by atoms with Crippen LogP contribution in [0, 0.1) is 0 Å². The van der Waals surface area contributed by atoms with Gasteiger partial charge in [0, 0.05) is 18.5 Å². The molecule has 0 spiro atoms. The number of imidazole rings is 2. The smallest absolute Gasteiger partial charge is 0.216 e. The molecule has 3 aromatic carbocycles. The summed E-state index contributed by atoms with van der Waals surface area (Å²) in [6.45, 7) is 4.94. The number of rotatable bonds is 6. The van der Waals surface area contributed by atoms with Gasteiger partial charge in [-0.3, -0.25) is 9.20 Å². The maximum Gasteiger partial charge on any atom is 0.216 e. The highest BCUT2D eigenvalue weighted by atomic mass is 16.1. The number of carbonyl (C=O) groups is 1. The zero-order valence-electron chi connectivity index (χ0n) is 17.9. The number of benzene rings is 3. The van der Waals surface area contributed by atoms with Crippen LogP contribution in [0.5, 0.6) is 0 Å². The molecule has 154 valence electrons. The van der Waals surface area contributed by atoms with Crippen LogP contribution in [0.2, 0.25) is 0 Å². The summed E-state index contributed by atoms with van der Waals surface area (Å²) in [5.41, 5.74) is 6.87. The highest BCUT2D eigenvalue weighted by Crippen LogP contribution is 2.32. The first kappa shape index (κ1) is 19.3. The minimum Gasteiger partial charge on any atom is -0.310 e. The first-order valence-corrected chi connectivity index (χ1v) is 10.9. The molecule has 2 heterocycles. The van der Waals surface area contributed by atoms with Crippen molar-refractivity contribution in [3.8, 4) is 22.4 Å². The van der Waals surface area contributed by atoms with Crippen LogP contribution in [-0.2, 0) is 6.54 Å². The van der Waals surface area contributed by atoms with Crippen LogP contribution >= 0.6 is 0 Å². The van der Waals surface area contributed by atoms with Crippen LogP contribution in [-0.4, -0.2) is 19.7 Å². The molecule has 5 rings (SSSR count). The van der Waals surface area contributed by atoms with Crippen molar-refractivity contribution in [1.82, 2.24) is 14.0 Å². The van der Waals surface area contributed by atoms with Crippen LogP contribution < -0.4 is 0 Å². The Bertz CT molecular complexity index is 1380. The lowest BCUT2D eigenvalue weighted by molar-refractivity contribution is 0.0983. The first-order valence-electron chi connectivity index (χ1n) is 10.9. The molecular formula is C27H25N3O. The van der Waals surface area contributed by atoms with Gasteiger partial charge in [-0.25, -0.2) is 4.98 Å². The summed E-state index contributed by atoms with van der Waals surface area (Å²) in [6.07, 6.45) is 1.44. The largest absolute Gasteiger partial charge is 0.310 e. The fraction of sp³-hybridized carbons (Fsp3) is 0.185. The minimum atomic E-state index is 0.106. The van der Waals surface area contributed by atoms with E-state index >= 15 is 0 Å². The lowest BCUT2D eigenvalue weighted by Crippen LogP contribution is -2.03. The SMILES string of the molecule is CCCn1c2ccccc2n2c(C(=O)CC)c(-c3ccc(-c4ccccc4)cc3)nc12. The Morgan fingerprint density at radius 3 is 2.06 bits per heavy atom. The van der Waals surface area contributed by atoms with E-state index in [1.165, 1.54) is 5.56 Å². The molecule has 0 amide bonds. The third-order valence-corrected chi connectivity index (χ3v) is 5.81. The Morgan fingerprint density at radius 1 is 0.774 bits per heavy atom.